The fourth-order valence-corrected chi connectivity index (χ4v) is 5.01. The molecule has 0 radical (unpaired) electrons. The Hall–Kier alpha value is -2.31. The van der Waals surface area contributed by atoms with Gasteiger partial charge in [-0.15, -0.1) is 0 Å². The summed E-state index contributed by atoms with van der Waals surface area (Å²) in [5, 5.41) is 10.2. The van der Waals surface area contributed by atoms with Crippen molar-refractivity contribution in [1.29, 1.82) is 0 Å². The largest absolute Gasteiger partial charge is 0.496 e. The van der Waals surface area contributed by atoms with Gasteiger partial charge in [0.2, 0.25) is 0 Å². The van der Waals surface area contributed by atoms with Crippen LogP contribution in [0.3, 0.4) is 0 Å². The van der Waals surface area contributed by atoms with Gasteiger partial charge >= 0.3 is 5.97 Å². The van der Waals surface area contributed by atoms with Crippen molar-refractivity contribution in [3.8, 4) is 11.5 Å². The molecule has 1 N–H and O–H groups in total. The minimum atomic E-state index is -2.28. The summed E-state index contributed by atoms with van der Waals surface area (Å²) in [6.07, 6.45) is 1.51. The molecule has 182 valence electrons. The Bertz CT molecular complexity index is 893. The zero-order chi connectivity index (χ0) is 24.8. The van der Waals surface area contributed by atoms with Crippen LogP contribution >= 0.6 is 0 Å². The average molecular weight is 473 g/mol. The summed E-state index contributed by atoms with van der Waals surface area (Å²) in [6, 6.07) is 14.0. The molecule has 33 heavy (non-hydrogen) atoms. The highest BCUT2D eigenvalue weighted by Gasteiger charge is 2.43. The first kappa shape index (κ1) is 26.9. The monoisotopic (exact) mass is 472 g/mol. The van der Waals surface area contributed by atoms with Crippen molar-refractivity contribution in [3.05, 3.63) is 59.2 Å². The van der Waals surface area contributed by atoms with Gasteiger partial charge in [-0.25, -0.2) is 0 Å². The lowest BCUT2D eigenvalue weighted by Gasteiger charge is -2.41. The van der Waals surface area contributed by atoms with Crippen LogP contribution in [0.25, 0.3) is 0 Å². The molecular formula is C27H40O5Si. The predicted octanol–water partition coefficient (Wildman–Crippen LogP) is 6.80. The summed E-state index contributed by atoms with van der Waals surface area (Å²) in [5.41, 5.74) is 2.87. The van der Waals surface area contributed by atoms with Crippen molar-refractivity contribution < 1.29 is 23.8 Å². The molecular weight excluding hydrogens is 432 g/mol. The van der Waals surface area contributed by atoms with Gasteiger partial charge in [0, 0.05) is 5.56 Å². The van der Waals surface area contributed by atoms with Crippen LogP contribution in [-0.2, 0) is 15.6 Å². The van der Waals surface area contributed by atoms with Gasteiger partial charge in [-0.2, -0.15) is 0 Å². The molecule has 0 aliphatic heterocycles. The topological polar surface area (TPSA) is 65.0 Å². The van der Waals surface area contributed by atoms with E-state index in [1.54, 1.807) is 14.2 Å². The molecule has 2 rings (SSSR count). The van der Waals surface area contributed by atoms with Gasteiger partial charge in [0.05, 0.1) is 26.2 Å². The van der Waals surface area contributed by atoms with E-state index < -0.39 is 26.3 Å². The highest BCUT2D eigenvalue weighted by molar-refractivity contribution is 6.74. The fourth-order valence-electron chi connectivity index (χ4n) is 3.72. The third-order valence-electron chi connectivity index (χ3n) is 6.84. The summed E-state index contributed by atoms with van der Waals surface area (Å²) in [4.78, 5) is 12.5. The molecule has 0 aliphatic rings. The first-order valence-electron chi connectivity index (χ1n) is 11.6. The highest BCUT2D eigenvalue weighted by Crippen LogP contribution is 2.44. The van der Waals surface area contributed by atoms with Crippen molar-refractivity contribution in [2.45, 2.75) is 71.2 Å². The zero-order valence-corrected chi connectivity index (χ0v) is 22.4. The standard InChI is InChI=1S/C27H40O5Si/c1-19-23(30-5)17-21(18-24(19)31-6)25(32-33(7,8)27(2,3)4)22(26(28)29)16-12-15-20-13-10-9-11-14-20/h9-11,13-14,17-18,22,25H,12,15-16H2,1-8H3,(H,28,29)/t22-,25-/m1/s1. The van der Waals surface area contributed by atoms with Gasteiger partial charge in [-0.3, -0.25) is 4.79 Å². The summed E-state index contributed by atoms with van der Waals surface area (Å²) in [7, 11) is 0.953. The van der Waals surface area contributed by atoms with Crippen LogP contribution in [0.1, 0.15) is 56.4 Å². The number of ether oxygens (including phenoxy) is 2. The SMILES string of the molecule is COc1cc([C@@H](O[Si](C)(C)C(C)(C)C)[C@@H](CCCc2ccccc2)C(=O)O)cc(OC)c1C. The number of methoxy groups -OCH3 is 2. The molecule has 0 aliphatic carbocycles. The molecule has 0 spiro atoms. The maximum atomic E-state index is 12.5. The minimum Gasteiger partial charge on any atom is -0.496 e. The number of aliphatic carboxylic acids is 1. The van der Waals surface area contributed by atoms with Gasteiger partial charge in [-0.05, 0) is 67.6 Å². The number of carboxylic acids is 1. The normalized spacial score (nSPS) is 13.9. The Labute approximate surface area is 200 Å². The Morgan fingerprint density at radius 3 is 2.03 bits per heavy atom. The molecule has 0 saturated heterocycles. The second-order valence-electron chi connectivity index (χ2n) is 10.2. The molecule has 5 nitrogen and oxygen atoms in total. The van der Waals surface area contributed by atoms with Crippen LogP contribution in [0.15, 0.2) is 42.5 Å². The Morgan fingerprint density at radius 1 is 1.03 bits per heavy atom. The van der Waals surface area contributed by atoms with E-state index in [1.165, 1.54) is 5.56 Å². The van der Waals surface area contributed by atoms with Gasteiger partial charge in [0.25, 0.3) is 0 Å². The third kappa shape index (κ3) is 6.84. The van der Waals surface area contributed by atoms with Crippen LogP contribution in [0.4, 0.5) is 0 Å². The fraction of sp³-hybridized carbons (Fsp3) is 0.519. The first-order valence-corrected chi connectivity index (χ1v) is 14.5. The predicted molar refractivity (Wildman–Crippen MR) is 136 cm³/mol. The van der Waals surface area contributed by atoms with Crippen molar-refractivity contribution in [2.24, 2.45) is 5.92 Å². The van der Waals surface area contributed by atoms with E-state index in [1.807, 2.05) is 37.3 Å². The first-order chi connectivity index (χ1) is 15.4. The van der Waals surface area contributed by atoms with Gasteiger partial charge in [0.1, 0.15) is 11.5 Å². The van der Waals surface area contributed by atoms with Crippen molar-refractivity contribution >= 4 is 14.3 Å². The molecule has 2 atom stereocenters. The lowest BCUT2D eigenvalue weighted by Crippen LogP contribution is -2.44. The maximum absolute atomic E-state index is 12.5. The van der Waals surface area contributed by atoms with Crippen LogP contribution in [-0.4, -0.2) is 33.6 Å². The summed E-state index contributed by atoms with van der Waals surface area (Å²) in [5.74, 6) is -0.187. The highest BCUT2D eigenvalue weighted by atomic mass is 28.4. The molecule has 2 aromatic rings. The number of hydrogen-bond donors (Lipinski definition) is 1. The van der Waals surface area contributed by atoms with Crippen LogP contribution in [0, 0.1) is 12.8 Å². The third-order valence-corrected chi connectivity index (χ3v) is 11.3. The summed E-state index contributed by atoms with van der Waals surface area (Å²) in [6.45, 7) is 12.7. The van der Waals surface area contributed by atoms with E-state index in [2.05, 4.69) is 46.0 Å². The lowest BCUT2D eigenvalue weighted by molar-refractivity contribution is -0.145. The van der Waals surface area contributed by atoms with Crippen molar-refractivity contribution in [3.63, 3.8) is 0 Å². The van der Waals surface area contributed by atoms with E-state index in [9.17, 15) is 9.90 Å². The van der Waals surface area contributed by atoms with E-state index >= 15 is 0 Å². The number of hydrogen-bond acceptors (Lipinski definition) is 4. The molecule has 0 amide bonds. The molecule has 2 aromatic carbocycles. The molecule has 0 aromatic heterocycles. The van der Waals surface area contributed by atoms with Crippen LogP contribution < -0.4 is 9.47 Å². The molecule has 0 fully saturated rings. The minimum absolute atomic E-state index is 0.0583. The molecule has 0 heterocycles. The summed E-state index contributed by atoms with van der Waals surface area (Å²) >= 11 is 0. The molecule has 0 bridgehead atoms. The number of carbonyl (C=O) groups is 1. The number of rotatable bonds is 11. The second kappa shape index (κ2) is 11.2. The summed E-state index contributed by atoms with van der Waals surface area (Å²) < 4.78 is 18.0. The zero-order valence-electron chi connectivity index (χ0n) is 21.4. The van der Waals surface area contributed by atoms with Crippen LogP contribution in [0.5, 0.6) is 11.5 Å². The van der Waals surface area contributed by atoms with E-state index in [-0.39, 0.29) is 5.04 Å². The maximum Gasteiger partial charge on any atom is 0.309 e. The molecule has 6 heteroatoms. The van der Waals surface area contributed by atoms with Gasteiger partial charge in [0.15, 0.2) is 8.32 Å². The van der Waals surface area contributed by atoms with E-state index in [4.69, 9.17) is 13.9 Å². The van der Waals surface area contributed by atoms with Crippen LogP contribution in [0.2, 0.25) is 18.1 Å². The van der Waals surface area contributed by atoms with E-state index in [0.29, 0.717) is 17.9 Å². The average Bonchev–Trinajstić information content (AvgIpc) is 2.75. The molecule has 0 unspecified atom stereocenters. The molecule has 0 saturated carbocycles. The van der Waals surface area contributed by atoms with Gasteiger partial charge in [-0.1, -0.05) is 51.1 Å². The Balaban J connectivity index is 2.46. The lowest BCUT2D eigenvalue weighted by atomic mass is 9.89. The number of carboxylic acid groups (broad SMARTS) is 1. The quantitative estimate of drug-likeness (QED) is 0.364. The van der Waals surface area contributed by atoms with Crippen molar-refractivity contribution in [1.82, 2.24) is 0 Å². The second-order valence-corrected chi connectivity index (χ2v) is 14.9. The van der Waals surface area contributed by atoms with E-state index in [0.717, 1.165) is 24.0 Å². The smallest absolute Gasteiger partial charge is 0.309 e. The van der Waals surface area contributed by atoms with Crippen molar-refractivity contribution in [2.75, 3.05) is 14.2 Å². The number of aryl methyl sites for hydroxylation is 1. The number of benzene rings is 2. The Morgan fingerprint density at radius 2 is 1.58 bits per heavy atom. The van der Waals surface area contributed by atoms with Gasteiger partial charge < -0.3 is 19.0 Å². The Kier molecular flexibility index (Phi) is 9.15.